The summed E-state index contributed by atoms with van der Waals surface area (Å²) in [7, 11) is 0. The predicted octanol–water partition coefficient (Wildman–Crippen LogP) is 1.58. The Hall–Kier alpha value is -2.15. The van der Waals surface area contributed by atoms with Gasteiger partial charge in [-0.15, -0.1) is 0 Å². The fraction of sp³-hybridized carbons (Fsp3) is 0.385. The number of nitrogens with zero attached hydrogens (tertiary/aromatic N) is 5. The Morgan fingerprint density at radius 2 is 2.10 bits per heavy atom. The maximum absolute atomic E-state index is 5.89. The standard InChI is InChI=1S/C13H16ClN7/c14-10-7-11(20-12(15)19-10)18-9-3-1-6-21(8-9)13-16-4-2-5-17-13/h2,4-5,7,9H,1,3,6,8H2,(H3,15,18,19,20). The van der Waals surface area contributed by atoms with E-state index in [1.165, 1.54) is 0 Å². The minimum atomic E-state index is 0.170. The molecule has 3 rings (SSSR count). The van der Waals surface area contributed by atoms with Gasteiger partial charge < -0.3 is 16.0 Å². The van der Waals surface area contributed by atoms with Crippen LogP contribution in [0.1, 0.15) is 12.8 Å². The minimum absolute atomic E-state index is 0.170. The summed E-state index contributed by atoms with van der Waals surface area (Å²) < 4.78 is 0. The fourth-order valence-electron chi connectivity index (χ4n) is 2.45. The zero-order valence-electron chi connectivity index (χ0n) is 11.4. The van der Waals surface area contributed by atoms with E-state index in [0.29, 0.717) is 11.0 Å². The first kappa shape index (κ1) is 13.8. The molecule has 1 saturated heterocycles. The maximum atomic E-state index is 5.89. The molecule has 0 radical (unpaired) electrons. The second-order valence-electron chi connectivity index (χ2n) is 4.91. The summed E-state index contributed by atoms with van der Waals surface area (Å²) in [6.07, 6.45) is 5.61. The molecule has 2 aromatic rings. The number of nitrogens with one attached hydrogen (secondary N) is 1. The van der Waals surface area contributed by atoms with Gasteiger partial charge in [-0.05, 0) is 18.9 Å². The van der Waals surface area contributed by atoms with Crippen molar-refractivity contribution in [1.29, 1.82) is 0 Å². The van der Waals surface area contributed by atoms with Gasteiger partial charge in [-0.25, -0.2) is 15.0 Å². The van der Waals surface area contributed by atoms with Crippen LogP contribution in [0.5, 0.6) is 0 Å². The van der Waals surface area contributed by atoms with Crippen LogP contribution >= 0.6 is 11.6 Å². The molecule has 1 aliphatic heterocycles. The minimum Gasteiger partial charge on any atom is -0.368 e. The fourth-order valence-corrected chi connectivity index (χ4v) is 2.64. The third-order valence-electron chi connectivity index (χ3n) is 3.32. The van der Waals surface area contributed by atoms with E-state index in [0.717, 1.165) is 31.9 Å². The number of piperidine rings is 1. The van der Waals surface area contributed by atoms with Crippen LogP contribution in [-0.2, 0) is 0 Å². The van der Waals surface area contributed by atoms with Gasteiger partial charge in [-0.2, -0.15) is 4.98 Å². The summed E-state index contributed by atoms with van der Waals surface area (Å²) in [4.78, 5) is 18.7. The molecule has 1 atom stereocenters. The third kappa shape index (κ3) is 3.49. The molecule has 1 fully saturated rings. The molecule has 3 N–H and O–H groups in total. The first-order valence-corrected chi connectivity index (χ1v) is 7.17. The highest BCUT2D eigenvalue weighted by molar-refractivity contribution is 6.29. The summed E-state index contributed by atoms with van der Waals surface area (Å²) in [6, 6.07) is 3.73. The van der Waals surface area contributed by atoms with Gasteiger partial charge in [0.1, 0.15) is 11.0 Å². The van der Waals surface area contributed by atoms with Crippen LogP contribution in [0.25, 0.3) is 0 Å². The topological polar surface area (TPSA) is 92.8 Å². The van der Waals surface area contributed by atoms with Crippen LogP contribution in [0.3, 0.4) is 0 Å². The van der Waals surface area contributed by atoms with Crippen molar-refractivity contribution in [2.45, 2.75) is 18.9 Å². The highest BCUT2D eigenvalue weighted by atomic mass is 35.5. The highest BCUT2D eigenvalue weighted by Gasteiger charge is 2.22. The Kier molecular flexibility index (Phi) is 4.01. The summed E-state index contributed by atoms with van der Waals surface area (Å²) >= 11 is 5.89. The first-order valence-electron chi connectivity index (χ1n) is 6.79. The van der Waals surface area contributed by atoms with Crippen LogP contribution in [0, 0.1) is 0 Å². The van der Waals surface area contributed by atoms with E-state index in [1.807, 2.05) is 6.07 Å². The van der Waals surface area contributed by atoms with Crippen LogP contribution in [0.2, 0.25) is 5.15 Å². The number of nitrogens with two attached hydrogens (primary N) is 1. The van der Waals surface area contributed by atoms with Crippen molar-refractivity contribution < 1.29 is 0 Å². The lowest BCUT2D eigenvalue weighted by molar-refractivity contribution is 0.521. The molecule has 0 aliphatic carbocycles. The van der Waals surface area contributed by atoms with Crippen molar-refractivity contribution in [1.82, 2.24) is 19.9 Å². The molecule has 0 spiro atoms. The molecule has 0 amide bonds. The number of halogens is 1. The molecule has 1 unspecified atom stereocenters. The van der Waals surface area contributed by atoms with E-state index in [1.54, 1.807) is 18.5 Å². The lowest BCUT2D eigenvalue weighted by Gasteiger charge is -2.33. The van der Waals surface area contributed by atoms with Gasteiger partial charge in [-0.1, -0.05) is 11.6 Å². The van der Waals surface area contributed by atoms with Crippen molar-refractivity contribution in [2.24, 2.45) is 0 Å². The van der Waals surface area contributed by atoms with Crippen LogP contribution < -0.4 is 16.0 Å². The zero-order valence-corrected chi connectivity index (χ0v) is 12.2. The molecule has 0 saturated carbocycles. The molecular weight excluding hydrogens is 290 g/mol. The molecule has 3 heterocycles. The molecule has 0 bridgehead atoms. The summed E-state index contributed by atoms with van der Waals surface area (Å²) in [6.45, 7) is 1.76. The van der Waals surface area contributed by atoms with Crippen molar-refractivity contribution in [3.63, 3.8) is 0 Å². The van der Waals surface area contributed by atoms with Gasteiger partial charge in [0.2, 0.25) is 11.9 Å². The van der Waals surface area contributed by atoms with Crippen LogP contribution in [0.4, 0.5) is 17.7 Å². The summed E-state index contributed by atoms with van der Waals surface area (Å²) in [5.74, 6) is 1.57. The molecule has 0 aromatic carbocycles. The Morgan fingerprint density at radius 1 is 1.29 bits per heavy atom. The zero-order chi connectivity index (χ0) is 14.7. The average Bonchev–Trinajstić information content (AvgIpc) is 2.47. The Labute approximate surface area is 127 Å². The molecule has 21 heavy (non-hydrogen) atoms. The monoisotopic (exact) mass is 305 g/mol. The molecule has 7 nitrogen and oxygen atoms in total. The smallest absolute Gasteiger partial charge is 0.225 e. The highest BCUT2D eigenvalue weighted by Crippen LogP contribution is 2.19. The number of hydrogen-bond acceptors (Lipinski definition) is 7. The normalized spacial score (nSPS) is 18.5. The van der Waals surface area contributed by atoms with Crippen LogP contribution in [0.15, 0.2) is 24.5 Å². The van der Waals surface area contributed by atoms with Crippen molar-refractivity contribution in [3.05, 3.63) is 29.7 Å². The van der Waals surface area contributed by atoms with E-state index in [4.69, 9.17) is 17.3 Å². The molecular formula is C13H16ClN7. The van der Waals surface area contributed by atoms with E-state index in [-0.39, 0.29) is 12.0 Å². The van der Waals surface area contributed by atoms with Gasteiger partial charge >= 0.3 is 0 Å². The van der Waals surface area contributed by atoms with Gasteiger partial charge in [0.05, 0.1) is 0 Å². The number of rotatable bonds is 3. The van der Waals surface area contributed by atoms with E-state index in [2.05, 4.69) is 30.2 Å². The maximum Gasteiger partial charge on any atom is 0.225 e. The number of aromatic nitrogens is 4. The van der Waals surface area contributed by atoms with Gasteiger partial charge in [-0.3, -0.25) is 0 Å². The Bertz CT molecular complexity index is 586. The van der Waals surface area contributed by atoms with Gasteiger partial charge in [0, 0.05) is 37.6 Å². The first-order chi connectivity index (χ1) is 10.2. The Morgan fingerprint density at radius 3 is 2.86 bits per heavy atom. The SMILES string of the molecule is Nc1nc(Cl)cc(NC2CCCN(c3ncccn3)C2)n1. The predicted molar refractivity (Wildman–Crippen MR) is 82.3 cm³/mol. The molecule has 1 aliphatic rings. The number of nitrogen functional groups attached to an aromatic ring is 1. The second kappa shape index (κ2) is 6.09. The summed E-state index contributed by atoms with van der Waals surface area (Å²) in [5.41, 5.74) is 5.61. The third-order valence-corrected chi connectivity index (χ3v) is 3.51. The van der Waals surface area contributed by atoms with E-state index < -0.39 is 0 Å². The van der Waals surface area contributed by atoms with Gasteiger partial charge in [0.15, 0.2) is 0 Å². The van der Waals surface area contributed by atoms with Crippen molar-refractivity contribution in [3.8, 4) is 0 Å². The van der Waals surface area contributed by atoms with Crippen molar-refractivity contribution in [2.75, 3.05) is 29.0 Å². The lowest BCUT2D eigenvalue weighted by Crippen LogP contribution is -2.43. The lowest BCUT2D eigenvalue weighted by atomic mass is 10.1. The molecule has 2 aromatic heterocycles. The average molecular weight is 306 g/mol. The Balaban J connectivity index is 1.69. The number of hydrogen-bond donors (Lipinski definition) is 2. The number of anilines is 3. The largest absolute Gasteiger partial charge is 0.368 e. The van der Waals surface area contributed by atoms with Gasteiger partial charge in [0.25, 0.3) is 0 Å². The second-order valence-corrected chi connectivity index (χ2v) is 5.30. The molecule has 110 valence electrons. The van der Waals surface area contributed by atoms with Crippen LogP contribution in [-0.4, -0.2) is 39.1 Å². The quantitative estimate of drug-likeness (QED) is 0.832. The summed E-state index contributed by atoms with van der Waals surface area (Å²) in [5, 5.41) is 3.69. The molecule has 8 heteroatoms. The van der Waals surface area contributed by atoms with E-state index in [9.17, 15) is 0 Å². The van der Waals surface area contributed by atoms with E-state index >= 15 is 0 Å². The van der Waals surface area contributed by atoms with Crippen molar-refractivity contribution >= 4 is 29.3 Å².